The van der Waals surface area contributed by atoms with Gasteiger partial charge in [-0.3, -0.25) is 14.7 Å². The van der Waals surface area contributed by atoms with Crippen molar-refractivity contribution in [2.24, 2.45) is 0 Å². The molecule has 27 heavy (non-hydrogen) atoms. The highest BCUT2D eigenvalue weighted by molar-refractivity contribution is 5.58. The third-order valence-electron chi connectivity index (χ3n) is 4.74. The number of nitrogens with zero attached hydrogens (tertiary/aromatic N) is 3. The van der Waals surface area contributed by atoms with Crippen molar-refractivity contribution in [1.29, 1.82) is 0 Å². The van der Waals surface area contributed by atoms with Gasteiger partial charge >= 0.3 is 0 Å². The van der Waals surface area contributed by atoms with Crippen LogP contribution < -0.4 is 16.0 Å². The van der Waals surface area contributed by atoms with Crippen LogP contribution in [0.1, 0.15) is 16.8 Å². The van der Waals surface area contributed by atoms with Crippen LogP contribution in [-0.4, -0.2) is 33.5 Å². The van der Waals surface area contributed by atoms with Gasteiger partial charge in [0.05, 0.1) is 24.6 Å². The second-order valence-electron chi connectivity index (χ2n) is 6.66. The molecule has 0 radical (unpaired) electrons. The lowest BCUT2D eigenvalue weighted by Crippen LogP contribution is -2.35. The van der Waals surface area contributed by atoms with Gasteiger partial charge in [-0.25, -0.2) is 4.98 Å². The molecule has 0 fully saturated rings. The van der Waals surface area contributed by atoms with E-state index in [9.17, 15) is 4.79 Å². The van der Waals surface area contributed by atoms with Crippen molar-refractivity contribution in [2.45, 2.75) is 19.5 Å². The maximum Gasteiger partial charge on any atom is 0.255 e. The van der Waals surface area contributed by atoms with Crippen molar-refractivity contribution in [3.63, 3.8) is 0 Å². The molecule has 1 aromatic carbocycles. The number of nitrogens with one attached hydrogen (secondary N) is 1. The second-order valence-corrected chi connectivity index (χ2v) is 6.66. The first-order valence-corrected chi connectivity index (χ1v) is 8.80. The first-order chi connectivity index (χ1) is 13.1. The Morgan fingerprint density at radius 1 is 1.26 bits per heavy atom. The van der Waals surface area contributed by atoms with E-state index in [1.807, 2.05) is 24.4 Å². The van der Waals surface area contributed by atoms with Gasteiger partial charge in [0.2, 0.25) is 0 Å². The molecule has 1 aliphatic rings. The molecular formula is C20H21N5O2. The molecule has 0 unspecified atom stereocenters. The number of nitrogen functional groups attached to an aromatic ring is 1. The van der Waals surface area contributed by atoms with Crippen LogP contribution in [0.4, 0.5) is 5.69 Å². The molecule has 0 amide bonds. The van der Waals surface area contributed by atoms with Gasteiger partial charge in [0.15, 0.2) is 0 Å². The molecule has 0 atom stereocenters. The number of nitrogens with two attached hydrogens (primary N) is 1. The Morgan fingerprint density at radius 2 is 2.07 bits per heavy atom. The number of aromatic nitrogens is 3. The molecule has 4 rings (SSSR count). The van der Waals surface area contributed by atoms with E-state index in [-0.39, 0.29) is 5.56 Å². The van der Waals surface area contributed by atoms with E-state index in [2.05, 4.69) is 19.9 Å². The third kappa shape index (κ3) is 3.68. The van der Waals surface area contributed by atoms with E-state index in [0.29, 0.717) is 24.6 Å². The van der Waals surface area contributed by atoms with Crippen LogP contribution in [0, 0.1) is 0 Å². The Bertz CT molecular complexity index is 1010. The summed E-state index contributed by atoms with van der Waals surface area (Å²) in [4.78, 5) is 26.7. The van der Waals surface area contributed by atoms with Crippen molar-refractivity contribution in [1.82, 2.24) is 19.9 Å². The number of anilines is 1. The molecule has 0 bridgehead atoms. The number of ether oxygens (including phenoxy) is 1. The van der Waals surface area contributed by atoms with Crippen LogP contribution in [0.15, 0.2) is 47.5 Å². The number of methoxy groups -OCH3 is 1. The topological polar surface area (TPSA) is 97.1 Å². The summed E-state index contributed by atoms with van der Waals surface area (Å²) < 4.78 is 5.23. The average Bonchev–Trinajstić information content (AvgIpc) is 2.69. The Morgan fingerprint density at radius 3 is 2.85 bits per heavy atom. The molecule has 0 saturated carbocycles. The van der Waals surface area contributed by atoms with Crippen LogP contribution >= 0.6 is 0 Å². The summed E-state index contributed by atoms with van der Waals surface area (Å²) in [7, 11) is 1.63. The average molecular weight is 363 g/mol. The molecule has 0 aliphatic carbocycles. The van der Waals surface area contributed by atoms with Gasteiger partial charge < -0.3 is 15.5 Å². The maximum atomic E-state index is 12.6. The van der Waals surface area contributed by atoms with E-state index in [1.165, 1.54) is 0 Å². The van der Waals surface area contributed by atoms with Crippen molar-refractivity contribution < 1.29 is 4.74 Å². The SMILES string of the molecule is COc1cncc(CN2CCc3nc(-c4ccc(N)cc4)[nH]c(=O)c3C2)c1. The van der Waals surface area contributed by atoms with Crippen LogP contribution in [0.25, 0.3) is 11.4 Å². The molecule has 0 saturated heterocycles. The largest absolute Gasteiger partial charge is 0.495 e. The molecule has 7 heteroatoms. The molecular weight excluding hydrogens is 342 g/mol. The number of rotatable bonds is 4. The quantitative estimate of drug-likeness (QED) is 0.688. The number of fused-ring (bicyclic) bond motifs is 1. The van der Waals surface area contributed by atoms with Gasteiger partial charge in [0.1, 0.15) is 11.6 Å². The Labute approximate surface area is 156 Å². The molecule has 0 spiro atoms. The summed E-state index contributed by atoms with van der Waals surface area (Å²) in [6, 6.07) is 9.31. The zero-order chi connectivity index (χ0) is 18.8. The third-order valence-corrected chi connectivity index (χ3v) is 4.74. The molecule has 138 valence electrons. The Hall–Kier alpha value is -3.19. The second kappa shape index (κ2) is 7.20. The number of pyridine rings is 1. The normalized spacial score (nSPS) is 14.0. The zero-order valence-electron chi connectivity index (χ0n) is 15.1. The van der Waals surface area contributed by atoms with E-state index in [4.69, 9.17) is 10.5 Å². The predicted molar refractivity (Wildman–Crippen MR) is 103 cm³/mol. The fourth-order valence-corrected chi connectivity index (χ4v) is 3.31. The van der Waals surface area contributed by atoms with Crippen molar-refractivity contribution in [3.8, 4) is 17.1 Å². The van der Waals surface area contributed by atoms with Crippen molar-refractivity contribution >= 4 is 5.69 Å². The molecule has 1 aliphatic heterocycles. The lowest BCUT2D eigenvalue weighted by Gasteiger charge is -2.27. The van der Waals surface area contributed by atoms with E-state index in [0.717, 1.165) is 41.1 Å². The van der Waals surface area contributed by atoms with Gasteiger partial charge in [0, 0.05) is 43.5 Å². The molecule has 2 aromatic heterocycles. The van der Waals surface area contributed by atoms with Crippen LogP contribution in [-0.2, 0) is 19.5 Å². The van der Waals surface area contributed by atoms with Crippen molar-refractivity contribution in [3.05, 3.63) is 69.9 Å². The van der Waals surface area contributed by atoms with Crippen molar-refractivity contribution in [2.75, 3.05) is 19.4 Å². The summed E-state index contributed by atoms with van der Waals surface area (Å²) >= 11 is 0. The molecule has 7 nitrogen and oxygen atoms in total. The highest BCUT2D eigenvalue weighted by Crippen LogP contribution is 2.21. The fourth-order valence-electron chi connectivity index (χ4n) is 3.31. The number of hydrogen-bond donors (Lipinski definition) is 2. The standard InChI is InChI=1S/C20H21N5O2/c1-27-16-8-13(9-22-10-16)11-25-7-6-18-17(12-25)20(26)24-19(23-18)14-2-4-15(21)5-3-14/h2-5,8-10H,6-7,11-12,21H2,1H3,(H,23,24,26). The van der Waals surface area contributed by atoms with E-state index in [1.54, 1.807) is 25.4 Å². The first-order valence-electron chi connectivity index (χ1n) is 8.80. The Kier molecular flexibility index (Phi) is 4.60. The minimum Gasteiger partial charge on any atom is -0.495 e. The summed E-state index contributed by atoms with van der Waals surface area (Å²) in [6.07, 6.45) is 4.24. The lowest BCUT2D eigenvalue weighted by atomic mass is 10.1. The minimum atomic E-state index is -0.0831. The van der Waals surface area contributed by atoms with Gasteiger partial charge in [-0.1, -0.05) is 0 Å². The van der Waals surface area contributed by atoms with Crippen LogP contribution in [0.3, 0.4) is 0 Å². The maximum absolute atomic E-state index is 12.6. The van der Waals surface area contributed by atoms with E-state index >= 15 is 0 Å². The first kappa shape index (κ1) is 17.2. The smallest absolute Gasteiger partial charge is 0.255 e. The number of aromatic amines is 1. The highest BCUT2D eigenvalue weighted by Gasteiger charge is 2.21. The van der Waals surface area contributed by atoms with Gasteiger partial charge in [-0.05, 0) is 35.9 Å². The van der Waals surface area contributed by atoms with Gasteiger partial charge in [-0.2, -0.15) is 0 Å². The number of hydrogen-bond acceptors (Lipinski definition) is 6. The monoisotopic (exact) mass is 363 g/mol. The van der Waals surface area contributed by atoms with Crippen LogP contribution in [0.5, 0.6) is 5.75 Å². The Balaban J connectivity index is 1.56. The predicted octanol–water partition coefficient (Wildman–Crippen LogP) is 1.98. The summed E-state index contributed by atoms with van der Waals surface area (Å²) in [5.41, 5.74) is 9.84. The lowest BCUT2D eigenvalue weighted by molar-refractivity contribution is 0.241. The minimum absolute atomic E-state index is 0.0831. The fraction of sp³-hybridized carbons (Fsp3) is 0.250. The molecule has 3 aromatic rings. The van der Waals surface area contributed by atoms with Gasteiger partial charge in [0.25, 0.3) is 5.56 Å². The van der Waals surface area contributed by atoms with Crippen LogP contribution in [0.2, 0.25) is 0 Å². The highest BCUT2D eigenvalue weighted by atomic mass is 16.5. The summed E-state index contributed by atoms with van der Waals surface area (Å²) in [5, 5.41) is 0. The van der Waals surface area contributed by atoms with Gasteiger partial charge in [-0.15, -0.1) is 0 Å². The van der Waals surface area contributed by atoms with E-state index < -0.39 is 0 Å². The summed E-state index contributed by atoms with van der Waals surface area (Å²) in [6.45, 7) is 2.11. The molecule has 3 heterocycles. The summed E-state index contributed by atoms with van der Waals surface area (Å²) in [5.74, 6) is 1.32. The number of H-pyrrole nitrogens is 1. The zero-order valence-corrected chi connectivity index (χ0v) is 15.1. The number of benzene rings is 1. The molecule has 3 N–H and O–H groups in total.